The molecule has 0 radical (unpaired) electrons. The Morgan fingerprint density at radius 2 is 2.26 bits per heavy atom. The molecule has 0 aromatic carbocycles. The quantitative estimate of drug-likeness (QED) is 0.821. The summed E-state index contributed by atoms with van der Waals surface area (Å²) in [6.45, 7) is 6.20. The van der Waals surface area contributed by atoms with Gasteiger partial charge in [0.1, 0.15) is 11.9 Å². The number of carboxylic acids is 1. The fourth-order valence-corrected chi connectivity index (χ4v) is 1.95. The number of anilines is 1. The highest BCUT2D eigenvalue weighted by molar-refractivity contribution is 5.67. The second kappa shape index (κ2) is 6.74. The van der Waals surface area contributed by atoms with Crippen LogP contribution in [0.15, 0.2) is 6.07 Å². The maximum absolute atomic E-state index is 10.7. The average molecular weight is 261 g/mol. The minimum Gasteiger partial charge on any atom is -0.481 e. The van der Waals surface area contributed by atoms with Gasteiger partial charge in [0.25, 0.3) is 0 Å². The van der Waals surface area contributed by atoms with E-state index in [1.54, 1.807) is 0 Å². The fraction of sp³-hybridized carbons (Fsp3) is 0.500. The van der Waals surface area contributed by atoms with Crippen molar-refractivity contribution in [3.63, 3.8) is 0 Å². The SMILES string of the molecule is CCC(CNc1nc(C)cc(C)c1C#N)CC(=O)O. The van der Waals surface area contributed by atoms with Crippen molar-refractivity contribution in [1.29, 1.82) is 5.26 Å². The number of pyridine rings is 1. The third-order valence-corrected chi connectivity index (χ3v) is 3.06. The average Bonchev–Trinajstić information content (AvgIpc) is 2.33. The molecule has 0 saturated carbocycles. The predicted molar refractivity (Wildman–Crippen MR) is 72.9 cm³/mol. The van der Waals surface area contributed by atoms with Crippen LogP contribution in [0.25, 0.3) is 0 Å². The van der Waals surface area contributed by atoms with Gasteiger partial charge in [-0.15, -0.1) is 0 Å². The van der Waals surface area contributed by atoms with E-state index in [1.807, 2.05) is 26.8 Å². The van der Waals surface area contributed by atoms with Crippen LogP contribution in [-0.4, -0.2) is 22.6 Å². The highest BCUT2D eigenvalue weighted by Gasteiger charge is 2.13. The summed E-state index contributed by atoms with van der Waals surface area (Å²) in [4.78, 5) is 15.0. The van der Waals surface area contributed by atoms with Crippen LogP contribution >= 0.6 is 0 Å². The number of aromatic nitrogens is 1. The number of rotatable bonds is 6. The molecule has 19 heavy (non-hydrogen) atoms. The van der Waals surface area contributed by atoms with Gasteiger partial charge in [-0.25, -0.2) is 4.98 Å². The summed E-state index contributed by atoms with van der Waals surface area (Å²) in [5.74, 6) is -0.224. The third-order valence-electron chi connectivity index (χ3n) is 3.06. The topological polar surface area (TPSA) is 86.0 Å². The number of aliphatic carboxylic acids is 1. The molecule has 5 nitrogen and oxygen atoms in total. The van der Waals surface area contributed by atoms with Crippen molar-refractivity contribution in [2.24, 2.45) is 5.92 Å². The van der Waals surface area contributed by atoms with Crippen LogP contribution in [0.5, 0.6) is 0 Å². The summed E-state index contributed by atoms with van der Waals surface area (Å²) in [5, 5.41) is 21.0. The Hall–Kier alpha value is -2.09. The van der Waals surface area contributed by atoms with Gasteiger partial charge in [-0.3, -0.25) is 4.79 Å². The van der Waals surface area contributed by atoms with Crippen LogP contribution < -0.4 is 5.32 Å². The van der Waals surface area contributed by atoms with Gasteiger partial charge in [0.15, 0.2) is 0 Å². The van der Waals surface area contributed by atoms with Gasteiger partial charge in [-0.2, -0.15) is 5.26 Å². The summed E-state index contributed by atoms with van der Waals surface area (Å²) in [5.41, 5.74) is 2.24. The Bertz CT molecular complexity index is 506. The van der Waals surface area contributed by atoms with E-state index in [0.29, 0.717) is 17.9 Å². The zero-order chi connectivity index (χ0) is 14.4. The maximum atomic E-state index is 10.7. The number of nitriles is 1. The summed E-state index contributed by atoms with van der Waals surface area (Å²) in [6, 6.07) is 3.99. The molecule has 0 amide bonds. The van der Waals surface area contributed by atoms with E-state index in [1.165, 1.54) is 0 Å². The number of nitrogens with zero attached hydrogens (tertiary/aromatic N) is 2. The van der Waals surface area contributed by atoms with E-state index in [-0.39, 0.29) is 12.3 Å². The minimum atomic E-state index is -0.803. The van der Waals surface area contributed by atoms with Gasteiger partial charge < -0.3 is 10.4 Å². The van der Waals surface area contributed by atoms with E-state index < -0.39 is 5.97 Å². The molecule has 1 aromatic heterocycles. The molecule has 1 unspecified atom stereocenters. The van der Waals surface area contributed by atoms with Crippen molar-refractivity contribution in [3.8, 4) is 6.07 Å². The number of carbonyl (C=O) groups is 1. The highest BCUT2D eigenvalue weighted by atomic mass is 16.4. The molecule has 0 bridgehead atoms. The van der Waals surface area contributed by atoms with E-state index >= 15 is 0 Å². The predicted octanol–water partition coefficient (Wildman–Crippen LogP) is 2.48. The van der Waals surface area contributed by atoms with E-state index in [0.717, 1.165) is 17.7 Å². The van der Waals surface area contributed by atoms with Gasteiger partial charge in [0.2, 0.25) is 0 Å². The first-order chi connectivity index (χ1) is 8.97. The first kappa shape index (κ1) is 15.0. The molecule has 0 aliphatic heterocycles. The number of aryl methyl sites for hydroxylation is 2. The maximum Gasteiger partial charge on any atom is 0.303 e. The first-order valence-electron chi connectivity index (χ1n) is 6.31. The lowest BCUT2D eigenvalue weighted by Crippen LogP contribution is -2.18. The van der Waals surface area contributed by atoms with Gasteiger partial charge >= 0.3 is 5.97 Å². The van der Waals surface area contributed by atoms with Crippen LogP contribution in [-0.2, 0) is 4.79 Å². The van der Waals surface area contributed by atoms with Crippen molar-refractivity contribution in [2.75, 3.05) is 11.9 Å². The Morgan fingerprint density at radius 1 is 1.58 bits per heavy atom. The Labute approximate surface area is 113 Å². The Balaban J connectivity index is 2.82. The molecule has 0 spiro atoms. The fourth-order valence-electron chi connectivity index (χ4n) is 1.95. The zero-order valence-corrected chi connectivity index (χ0v) is 11.5. The van der Waals surface area contributed by atoms with Crippen LogP contribution in [0.3, 0.4) is 0 Å². The largest absolute Gasteiger partial charge is 0.481 e. The molecule has 1 aromatic rings. The lowest BCUT2D eigenvalue weighted by molar-refractivity contribution is -0.138. The van der Waals surface area contributed by atoms with Crippen molar-refractivity contribution in [1.82, 2.24) is 4.98 Å². The monoisotopic (exact) mass is 261 g/mol. The molecule has 0 aliphatic rings. The normalized spacial score (nSPS) is 11.7. The summed E-state index contributed by atoms with van der Waals surface area (Å²) in [7, 11) is 0. The van der Waals surface area contributed by atoms with Crippen LogP contribution in [0, 0.1) is 31.1 Å². The number of hydrogen-bond acceptors (Lipinski definition) is 4. The van der Waals surface area contributed by atoms with E-state index in [4.69, 9.17) is 10.4 Å². The number of nitrogens with one attached hydrogen (secondary N) is 1. The molecule has 102 valence electrons. The van der Waals surface area contributed by atoms with Gasteiger partial charge in [0.05, 0.1) is 5.56 Å². The molecule has 2 N–H and O–H groups in total. The summed E-state index contributed by atoms with van der Waals surface area (Å²) >= 11 is 0. The lowest BCUT2D eigenvalue weighted by Gasteiger charge is -2.15. The molecule has 0 fully saturated rings. The van der Waals surface area contributed by atoms with Crippen LogP contribution in [0.1, 0.15) is 36.6 Å². The smallest absolute Gasteiger partial charge is 0.303 e. The van der Waals surface area contributed by atoms with E-state index in [2.05, 4.69) is 16.4 Å². The molecule has 0 saturated heterocycles. The van der Waals surface area contributed by atoms with Crippen molar-refractivity contribution in [3.05, 3.63) is 22.9 Å². The van der Waals surface area contributed by atoms with Crippen molar-refractivity contribution < 1.29 is 9.90 Å². The minimum absolute atomic E-state index is 0.0339. The Kier molecular flexibility index (Phi) is 5.31. The molecule has 1 heterocycles. The van der Waals surface area contributed by atoms with Gasteiger partial charge in [0, 0.05) is 18.7 Å². The van der Waals surface area contributed by atoms with Crippen LogP contribution in [0.4, 0.5) is 5.82 Å². The molecular formula is C14H19N3O2. The van der Waals surface area contributed by atoms with E-state index in [9.17, 15) is 4.79 Å². The second-order valence-corrected chi connectivity index (χ2v) is 4.67. The van der Waals surface area contributed by atoms with Crippen LogP contribution in [0.2, 0.25) is 0 Å². The summed E-state index contributed by atoms with van der Waals surface area (Å²) in [6.07, 6.45) is 0.891. The standard InChI is InChI=1S/C14H19N3O2/c1-4-11(6-13(18)19)8-16-14-12(7-15)9(2)5-10(3)17-14/h5,11H,4,6,8H2,1-3H3,(H,16,17)(H,18,19). The molecule has 1 rings (SSSR count). The molecule has 5 heteroatoms. The van der Waals surface area contributed by atoms with Crippen molar-refractivity contribution >= 4 is 11.8 Å². The Morgan fingerprint density at radius 3 is 2.79 bits per heavy atom. The lowest BCUT2D eigenvalue weighted by atomic mass is 10.0. The van der Waals surface area contributed by atoms with Crippen molar-refractivity contribution in [2.45, 2.75) is 33.6 Å². The molecule has 1 atom stereocenters. The summed E-state index contributed by atoms with van der Waals surface area (Å²) < 4.78 is 0. The second-order valence-electron chi connectivity index (χ2n) is 4.67. The highest BCUT2D eigenvalue weighted by Crippen LogP contribution is 2.18. The zero-order valence-electron chi connectivity index (χ0n) is 11.5. The number of carboxylic acid groups (broad SMARTS) is 1. The first-order valence-corrected chi connectivity index (χ1v) is 6.31. The molecular weight excluding hydrogens is 242 g/mol. The number of hydrogen-bond donors (Lipinski definition) is 2. The third kappa shape index (κ3) is 4.25. The molecule has 0 aliphatic carbocycles. The van der Waals surface area contributed by atoms with Gasteiger partial charge in [-0.1, -0.05) is 13.3 Å². The van der Waals surface area contributed by atoms with Gasteiger partial charge in [-0.05, 0) is 31.4 Å².